The van der Waals surface area contributed by atoms with Crippen molar-refractivity contribution in [2.24, 2.45) is 5.14 Å². The fourth-order valence-electron chi connectivity index (χ4n) is 2.45. The third-order valence-electron chi connectivity index (χ3n) is 3.52. The normalized spacial score (nSPS) is 12.1. The molecule has 0 aromatic carbocycles. The van der Waals surface area contributed by atoms with Crippen LogP contribution in [0.2, 0.25) is 0 Å². The summed E-state index contributed by atoms with van der Waals surface area (Å²) in [5.74, 6) is -0.831. The standard InChI is InChI=1S/C15H17F3N4O4S/c1-8-12(22-9(2)13(8)27(19,24)25)14(23)21-6-10-3-4-20-11(5-10)26-7-15(16,17)18/h3-5,22H,6-7H2,1-2H3,(H,21,23)(H2,19,24,25). The number of hydrogen-bond donors (Lipinski definition) is 3. The zero-order valence-electron chi connectivity index (χ0n) is 14.3. The van der Waals surface area contributed by atoms with Crippen LogP contribution in [0.15, 0.2) is 23.2 Å². The number of amides is 1. The van der Waals surface area contributed by atoms with Gasteiger partial charge in [0, 0.05) is 24.5 Å². The van der Waals surface area contributed by atoms with E-state index in [2.05, 4.69) is 20.0 Å². The van der Waals surface area contributed by atoms with Gasteiger partial charge in [0.05, 0.1) is 0 Å². The van der Waals surface area contributed by atoms with E-state index in [4.69, 9.17) is 5.14 Å². The average molecular weight is 406 g/mol. The van der Waals surface area contributed by atoms with E-state index in [1.165, 1.54) is 32.2 Å². The van der Waals surface area contributed by atoms with Crippen molar-refractivity contribution < 1.29 is 31.1 Å². The van der Waals surface area contributed by atoms with Gasteiger partial charge in [-0.25, -0.2) is 18.5 Å². The molecule has 27 heavy (non-hydrogen) atoms. The number of nitrogens with two attached hydrogens (primary N) is 1. The van der Waals surface area contributed by atoms with Crippen LogP contribution in [-0.2, 0) is 16.6 Å². The second-order valence-electron chi connectivity index (χ2n) is 5.71. The van der Waals surface area contributed by atoms with Gasteiger partial charge in [0.2, 0.25) is 15.9 Å². The highest BCUT2D eigenvalue weighted by Gasteiger charge is 2.28. The molecule has 0 saturated carbocycles. The fourth-order valence-corrected chi connectivity index (χ4v) is 3.46. The van der Waals surface area contributed by atoms with Crippen LogP contribution in [0.3, 0.4) is 0 Å². The molecule has 0 fully saturated rings. The number of primary sulfonamides is 1. The molecule has 0 saturated heterocycles. The van der Waals surface area contributed by atoms with Gasteiger partial charge in [-0.15, -0.1) is 0 Å². The number of carbonyl (C=O) groups excluding carboxylic acids is 1. The lowest BCUT2D eigenvalue weighted by Gasteiger charge is -2.10. The lowest BCUT2D eigenvalue weighted by molar-refractivity contribution is -0.154. The zero-order chi connectivity index (χ0) is 20.4. The molecule has 0 spiro atoms. The Kier molecular flexibility index (Phi) is 5.80. The molecule has 148 valence electrons. The molecule has 0 aliphatic rings. The number of rotatable bonds is 6. The molecule has 2 aromatic rings. The quantitative estimate of drug-likeness (QED) is 0.671. The maximum absolute atomic E-state index is 12.3. The van der Waals surface area contributed by atoms with Crippen LogP contribution in [-0.4, -0.2) is 37.1 Å². The summed E-state index contributed by atoms with van der Waals surface area (Å²) < 4.78 is 64.2. The van der Waals surface area contributed by atoms with E-state index in [9.17, 15) is 26.4 Å². The average Bonchev–Trinajstić information content (AvgIpc) is 2.85. The van der Waals surface area contributed by atoms with Gasteiger partial charge in [0.25, 0.3) is 5.91 Å². The van der Waals surface area contributed by atoms with Gasteiger partial charge < -0.3 is 15.0 Å². The molecule has 8 nitrogen and oxygen atoms in total. The Morgan fingerprint density at radius 1 is 1.37 bits per heavy atom. The van der Waals surface area contributed by atoms with E-state index in [0.29, 0.717) is 5.56 Å². The molecule has 0 bridgehead atoms. The number of sulfonamides is 1. The van der Waals surface area contributed by atoms with Crippen LogP contribution >= 0.6 is 0 Å². The minimum Gasteiger partial charge on any atom is -0.468 e. The molecule has 12 heteroatoms. The minimum atomic E-state index is -4.49. The first-order chi connectivity index (χ1) is 12.4. The second-order valence-corrected chi connectivity index (χ2v) is 7.21. The van der Waals surface area contributed by atoms with Crippen molar-refractivity contribution in [1.82, 2.24) is 15.3 Å². The summed E-state index contributed by atoms with van der Waals surface area (Å²) in [5, 5.41) is 7.67. The topological polar surface area (TPSA) is 127 Å². The number of alkyl halides is 3. The molecule has 0 unspecified atom stereocenters. The van der Waals surface area contributed by atoms with Gasteiger partial charge in [-0.3, -0.25) is 4.79 Å². The number of ether oxygens (including phenoxy) is 1. The second kappa shape index (κ2) is 7.56. The number of hydrogen-bond acceptors (Lipinski definition) is 5. The molecule has 1 amide bonds. The van der Waals surface area contributed by atoms with Crippen molar-refractivity contribution in [1.29, 1.82) is 0 Å². The number of halogens is 3. The Labute approximate surface area is 153 Å². The molecular weight excluding hydrogens is 389 g/mol. The predicted octanol–water partition coefficient (Wildman–Crippen LogP) is 1.55. The molecular formula is C15H17F3N4O4S. The SMILES string of the molecule is Cc1[nH]c(C(=O)NCc2ccnc(OCC(F)(F)F)c2)c(C)c1S(N)(=O)=O. The van der Waals surface area contributed by atoms with Crippen molar-refractivity contribution in [3.05, 3.63) is 40.8 Å². The van der Waals surface area contributed by atoms with Crippen LogP contribution < -0.4 is 15.2 Å². The van der Waals surface area contributed by atoms with E-state index in [1.54, 1.807) is 0 Å². The third kappa shape index (κ3) is 5.44. The number of nitrogens with one attached hydrogen (secondary N) is 2. The number of aryl methyl sites for hydroxylation is 1. The number of nitrogens with zero attached hydrogens (tertiary/aromatic N) is 1. The smallest absolute Gasteiger partial charge is 0.422 e. The molecule has 0 atom stereocenters. The van der Waals surface area contributed by atoms with Crippen LogP contribution in [0.1, 0.15) is 27.3 Å². The van der Waals surface area contributed by atoms with E-state index >= 15 is 0 Å². The van der Waals surface area contributed by atoms with Crippen molar-refractivity contribution in [3.8, 4) is 5.88 Å². The van der Waals surface area contributed by atoms with E-state index in [-0.39, 0.29) is 34.3 Å². The predicted molar refractivity (Wildman–Crippen MR) is 88.6 cm³/mol. The Morgan fingerprint density at radius 3 is 2.59 bits per heavy atom. The molecule has 2 aromatic heterocycles. The first kappa shape index (κ1) is 20.7. The van der Waals surface area contributed by atoms with E-state index in [0.717, 1.165) is 0 Å². The summed E-state index contributed by atoms with van der Waals surface area (Å²) in [7, 11) is -4.00. The fraction of sp³-hybridized carbons (Fsp3) is 0.333. The molecule has 2 rings (SSSR count). The molecule has 2 heterocycles. The largest absolute Gasteiger partial charge is 0.468 e. The Hall–Kier alpha value is -2.60. The highest BCUT2D eigenvalue weighted by atomic mass is 32.2. The number of H-pyrrole nitrogens is 1. The van der Waals surface area contributed by atoms with Crippen LogP contribution in [0.5, 0.6) is 5.88 Å². The minimum absolute atomic E-state index is 0.0270. The highest BCUT2D eigenvalue weighted by molar-refractivity contribution is 7.89. The third-order valence-corrected chi connectivity index (χ3v) is 4.70. The highest BCUT2D eigenvalue weighted by Crippen LogP contribution is 2.22. The molecule has 0 radical (unpaired) electrons. The monoisotopic (exact) mass is 406 g/mol. The van der Waals surface area contributed by atoms with Crippen molar-refractivity contribution in [2.75, 3.05) is 6.61 Å². The number of pyridine rings is 1. The van der Waals surface area contributed by atoms with Crippen molar-refractivity contribution in [3.63, 3.8) is 0 Å². The first-order valence-electron chi connectivity index (χ1n) is 7.53. The summed E-state index contributed by atoms with van der Waals surface area (Å²) in [6.07, 6.45) is -3.24. The first-order valence-corrected chi connectivity index (χ1v) is 9.08. The van der Waals surface area contributed by atoms with E-state index < -0.39 is 28.7 Å². The Bertz CT molecular complexity index is 954. The summed E-state index contributed by atoms with van der Waals surface area (Å²) in [6, 6.07) is 2.75. The van der Waals surface area contributed by atoms with Gasteiger partial charge in [-0.2, -0.15) is 13.2 Å². The van der Waals surface area contributed by atoms with Crippen molar-refractivity contribution in [2.45, 2.75) is 31.5 Å². The Morgan fingerprint density at radius 2 is 2.04 bits per heavy atom. The summed E-state index contributed by atoms with van der Waals surface area (Å²) in [6.45, 7) is 1.39. The molecule has 0 aliphatic carbocycles. The zero-order valence-corrected chi connectivity index (χ0v) is 15.2. The summed E-state index contributed by atoms with van der Waals surface area (Å²) >= 11 is 0. The molecule has 4 N–H and O–H groups in total. The van der Waals surface area contributed by atoms with Gasteiger partial charge in [-0.05, 0) is 31.0 Å². The maximum atomic E-state index is 12.3. The van der Waals surface area contributed by atoms with Gasteiger partial charge >= 0.3 is 6.18 Å². The maximum Gasteiger partial charge on any atom is 0.422 e. The summed E-state index contributed by atoms with van der Waals surface area (Å²) in [4.78, 5) is 18.5. The summed E-state index contributed by atoms with van der Waals surface area (Å²) in [5.41, 5.74) is 0.880. The van der Waals surface area contributed by atoms with Crippen LogP contribution in [0, 0.1) is 13.8 Å². The Balaban J connectivity index is 2.08. The molecule has 0 aliphatic heterocycles. The van der Waals surface area contributed by atoms with Gasteiger partial charge in [-0.1, -0.05) is 0 Å². The number of carbonyl (C=O) groups is 1. The number of aromatic nitrogens is 2. The van der Waals surface area contributed by atoms with Crippen LogP contribution in [0.25, 0.3) is 0 Å². The van der Waals surface area contributed by atoms with Crippen LogP contribution in [0.4, 0.5) is 13.2 Å². The van der Waals surface area contributed by atoms with E-state index in [1.807, 2.05) is 0 Å². The lowest BCUT2D eigenvalue weighted by Crippen LogP contribution is -2.24. The number of aromatic amines is 1. The van der Waals surface area contributed by atoms with Gasteiger partial charge in [0.1, 0.15) is 10.6 Å². The van der Waals surface area contributed by atoms with Crippen molar-refractivity contribution >= 4 is 15.9 Å². The lowest BCUT2D eigenvalue weighted by atomic mass is 10.2. The van der Waals surface area contributed by atoms with Gasteiger partial charge in [0.15, 0.2) is 6.61 Å².